The fourth-order valence-corrected chi connectivity index (χ4v) is 1.48. The molecule has 0 fully saturated rings. The number of methoxy groups -OCH3 is 1. The topological polar surface area (TPSA) is 67.8 Å². The molecule has 0 radical (unpaired) electrons. The van der Waals surface area contributed by atoms with Crippen molar-refractivity contribution in [2.24, 2.45) is 0 Å². The number of hydrogen-bond donors (Lipinski definition) is 2. The number of nitrogens with one attached hydrogen (secondary N) is 1. The van der Waals surface area contributed by atoms with Crippen molar-refractivity contribution in [3.8, 4) is 0 Å². The van der Waals surface area contributed by atoms with Crippen LogP contribution in [0.1, 0.15) is 26.7 Å². The third kappa shape index (κ3) is 4.92. The van der Waals surface area contributed by atoms with Gasteiger partial charge >= 0.3 is 5.97 Å². The number of hydrogen-bond acceptors (Lipinski definition) is 4. The molecule has 0 saturated carbocycles. The maximum atomic E-state index is 11.1. The summed E-state index contributed by atoms with van der Waals surface area (Å²) in [7, 11) is 1.62. The predicted octanol–water partition coefficient (Wildman–Crippen LogP) is 0.882. The van der Waals surface area contributed by atoms with Gasteiger partial charge in [0.1, 0.15) is 5.54 Å². The molecule has 0 aliphatic rings. The Morgan fingerprint density at radius 2 is 1.88 bits per heavy atom. The van der Waals surface area contributed by atoms with Crippen LogP contribution in [0.4, 0.5) is 0 Å². The SMILES string of the molecule is CCC(CC)(NCCOCCOC)C(=O)O. The van der Waals surface area contributed by atoms with E-state index in [0.717, 1.165) is 0 Å². The maximum Gasteiger partial charge on any atom is 0.323 e. The monoisotopic (exact) mass is 233 g/mol. The minimum atomic E-state index is -0.815. The molecule has 0 heterocycles. The van der Waals surface area contributed by atoms with Crippen molar-refractivity contribution in [1.82, 2.24) is 5.32 Å². The highest BCUT2D eigenvalue weighted by Gasteiger charge is 2.33. The molecule has 0 rings (SSSR count). The molecule has 0 aliphatic heterocycles. The lowest BCUT2D eigenvalue weighted by molar-refractivity contribution is -0.145. The zero-order valence-corrected chi connectivity index (χ0v) is 10.4. The summed E-state index contributed by atoms with van der Waals surface area (Å²) in [5, 5.41) is 12.2. The average molecular weight is 233 g/mol. The smallest absolute Gasteiger partial charge is 0.323 e. The lowest BCUT2D eigenvalue weighted by Gasteiger charge is -2.28. The second-order valence-electron chi connectivity index (χ2n) is 3.63. The van der Waals surface area contributed by atoms with E-state index < -0.39 is 11.5 Å². The summed E-state index contributed by atoms with van der Waals surface area (Å²) < 4.78 is 10.1. The maximum absolute atomic E-state index is 11.1. The van der Waals surface area contributed by atoms with Gasteiger partial charge in [-0.05, 0) is 12.8 Å². The van der Waals surface area contributed by atoms with Crippen LogP contribution in [0.3, 0.4) is 0 Å². The Balaban J connectivity index is 3.81. The highest BCUT2D eigenvalue weighted by atomic mass is 16.5. The van der Waals surface area contributed by atoms with Gasteiger partial charge in [0.25, 0.3) is 0 Å². The fourth-order valence-electron chi connectivity index (χ4n) is 1.48. The van der Waals surface area contributed by atoms with E-state index >= 15 is 0 Å². The van der Waals surface area contributed by atoms with Gasteiger partial charge in [0.15, 0.2) is 0 Å². The van der Waals surface area contributed by atoms with Crippen LogP contribution >= 0.6 is 0 Å². The van der Waals surface area contributed by atoms with E-state index in [9.17, 15) is 4.79 Å². The van der Waals surface area contributed by atoms with Crippen molar-refractivity contribution in [3.05, 3.63) is 0 Å². The van der Waals surface area contributed by atoms with Crippen molar-refractivity contribution in [1.29, 1.82) is 0 Å². The first-order valence-corrected chi connectivity index (χ1v) is 5.68. The van der Waals surface area contributed by atoms with Crippen LogP contribution in [0.25, 0.3) is 0 Å². The summed E-state index contributed by atoms with van der Waals surface area (Å²) in [6.07, 6.45) is 1.13. The van der Waals surface area contributed by atoms with Crippen LogP contribution in [-0.2, 0) is 14.3 Å². The molecule has 0 aromatic heterocycles. The number of carboxylic acids is 1. The van der Waals surface area contributed by atoms with E-state index in [-0.39, 0.29) is 0 Å². The molecule has 0 spiro atoms. The molecule has 0 amide bonds. The van der Waals surface area contributed by atoms with Gasteiger partial charge in [-0.25, -0.2) is 0 Å². The fraction of sp³-hybridized carbons (Fsp3) is 0.909. The second kappa shape index (κ2) is 8.50. The molecular weight excluding hydrogens is 210 g/mol. The van der Waals surface area contributed by atoms with Crippen LogP contribution in [-0.4, -0.2) is 50.1 Å². The summed E-state index contributed by atoms with van der Waals surface area (Å²) in [6.45, 7) is 5.88. The van der Waals surface area contributed by atoms with Crippen LogP contribution in [0.2, 0.25) is 0 Å². The molecule has 0 aliphatic carbocycles. The van der Waals surface area contributed by atoms with Crippen molar-refractivity contribution in [2.75, 3.05) is 33.5 Å². The van der Waals surface area contributed by atoms with Gasteiger partial charge in [-0.2, -0.15) is 0 Å². The van der Waals surface area contributed by atoms with Gasteiger partial charge in [0, 0.05) is 13.7 Å². The van der Waals surface area contributed by atoms with Gasteiger partial charge in [0.2, 0.25) is 0 Å². The van der Waals surface area contributed by atoms with Gasteiger partial charge in [-0.3, -0.25) is 10.1 Å². The van der Waals surface area contributed by atoms with Crippen LogP contribution < -0.4 is 5.32 Å². The summed E-state index contributed by atoms with van der Waals surface area (Å²) in [4.78, 5) is 11.1. The van der Waals surface area contributed by atoms with Gasteiger partial charge in [-0.1, -0.05) is 13.8 Å². The van der Waals surface area contributed by atoms with Crippen molar-refractivity contribution < 1.29 is 19.4 Å². The van der Waals surface area contributed by atoms with Crippen LogP contribution in [0.15, 0.2) is 0 Å². The molecule has 0 unspecified atom stereocenters. The highest BCUT2D eigenvalue weighted by molar-refractivity contribution is 5.78. The third-order valence-electron chi connectivity index (χ3n) is 2.76. The van der Waals surface area contributed by atoms with E-state index in [1.54, 1.807) is 7.11 Å². The summed E-state index contributed by atoms with van der Waals surface area (Å²) >= 11 is 0. The molecule has 0 saturated heterocycles. The first-order valence-electron chi connectivity index (χ1n) is 5.68. The molecule has 96 valence electrons. The van der Waals surface area contributed by atoms with Gasteiger partial charge < -0.3 is 14.6 Å². The van der Waals surface area contributed by atoms with Gasteiger partial charge in [0.05, 0.1) is 19.8 Å². The molecule has 0 bridgehead atoms. The molecule has 0 atom stereocenters. The molecule has 5 nitrogen and oxygen atoms in total. The van der Waals surface area contributed by atoms with Gasteiger partial charge in [-0.15, -0.1) is 0 Å². The largest absolute Gasteiger partial charge is 0.480 e. The summed E-state index contributed by atoms with van der Waals surface area (Å²) in [6, 6.07) is 0. The minimum absolute atomic E-state index is 0.498. The Morgan fingerprint density at radius 3 is 2.31 bits per heavy atom. The molecule has 0 aromatic carbocycles. The van der Waals surface area contributed by atoms with E-state index in [2.05, 4.69) is 5.32 Å². The number of carboxylic acid groups (broad SMARTS) is 1. The summed E-state index contributed by atoms with van der Waals surface area (Å²) in [5.74, 6) is -0.797. The Hall–Kier alpha value is -0.650. The lowest BCUT2D eigenvalue weighted by Crippen LogP contribution is -2.52. The number of carbonyl (C=O) groups is 1. The molecule has 0 aromatic rings. The molecule has 2 N–H and O–H groups in total. The zero-order valence-electron chi connectivity index (χ0n) is 10.4. The van der Waals surface area contributed by atoms with E-state index in [1.807, 2.05) is 13.8 Å². The Bertz CT molecular complexity index is 192. The second-order valence-corrected chi connectivity index (χ2v) is 3.63. The Morgan fingerprint density at radius 1 is 1.25 bits per heavy atom. The van der Waals surface area contributed by atoms with E-state index in [1.165, 1.54) is 0 Å². The first-order chi connectivity index (χ1) is 7.63. The van der Waals surface area contributed by atoms with Crippen LogP contribution in [0, 0.1) is 0 Å². The van der Waals surface area contributed by atoms with Crippen molar-refractivity contribution in [3.63, 3.8) is 0 Å². The minimum Gasteiger partial charge on any atom is -0.480 e. The number of aliphatic carboxylic acids is 1. The highest BCUT2D eigenvalue weighted by Crippen LogP contribution is 2.14. The summed E-state index contributed by atoms with van der Waals surface area (Å²) in [5.41, 5.74) is -0.815. The zero-order chi connectivity index (χ0) is 12.4. The Labute approximate surface area is 97.1 Å². The number of ether oxygens (including phenoxy) is 2. The van der Waals surface area contributed by atoms with Crippen molar-refractivity contribution >= 4 is 5.97 Å². The molecule has 5 heteroatoms. The standard InChI is InChI=1S/C11H23NO4/c1-4-11(5-2,10(13)14)12-6-7-16-9-8-15-3/h12H,4-9H2,1-3H3,(H,13,14). The quantitative estimate of drug-likeness (QED) is 0.548. The molecular formula is C11H23NO4. The normalized spacial score (nSPS) is 11.7. The molecule has 16 heavy (non-hydrogen) atoms. The Kier molecular flexibility index (Phi) is 8.15. The lowest BCUT2D eigenvalue weighted by atomic mass is 9.93. The predicted molar refractivity (Wildman–Crippen MR) is 61.6 cm³/mol. The van der Waals surface area contributed by atoms with E-state index in [0.29, 0.717) is 39.2 Å². The first kappa shape index (κ1) is 15.3. The van der Waals surface area contributed by atoms with Crippen molar-refractivity contribution in [2.45, 2.75) is 32.2 Å². The third-order valence-corrected chi connectivity index (χ3v) is 2.76. The van der Waals surface area contributed by atoms with E-state index in [4.69, 9.17) is 14.6 Å². The average Bonchev–Trinajstić information content (AvgIpc) is 2.28. The van der Waals surface area contributed by atoms with Crippen LogP contribution in [0.5, 0.6) is 0 Å². The number of rotatable bonds is 10.